The number of carbonyl (C=O) groups is 2. The molecule has 2 aromatic rings. The van der Waals surface area contributed by atoms with E-state index in [-0.39, 0.29) is 6.61 Å². The molecule has 0 aliphatic rings. The van der Waals surface area contributed by atoms with Crippen molar-refractivity contribution in [1.29, 1.82) is 0 Å². The van der Waals surface area contributed by atoms with Gasteiger partial charge in [-0.1, -0.05) is 42.2 Å². The van der Waals surface area contributed by atoms with Crippen molar-refractivity contribution in [2.75, 3.05) is 17.2 Å². The Labute approximate surface area is 131 Å². The third-order valence-corrected chi connectivity index (χ3v) is 3.62. The smallest absolute Gasteiger partial charge is 0.350 e. The first-order valence-electron chi connectivity index (χ1n) is 6.48. The van der Waals surface area contributed by atoms with Gasteiger partial charge in [0.25, 0.3) is 0 Å². The summed E-state index contributed by atoms with van der Waals surface area (Å²) >= 11 is 1.07. The molecule has 7 heteroatoms. The van der Waals surface area contributed by atoms with Gasteiger partial charge in [0, 0.05) is 5.69 Å². The summed E-state index contributed by atoms with van der Waals surface area (Å²) in [6, 6.07) is 8.60. The third kappa shape index (κ3) is 4.16. The molecule has 0 fully saturated rings. The maximum absolute atomic E-state index is 11.9. The number of rotatable bonds is 5. The molecule has 0 saturated heterocycles. The maximum atomic E-state index is 11.9. The highest BCUT2D eigenvalue weighted by Crippen LogP contribution is 2.23. The Morgan fingerprint density at radius 1 is 1.32 bits per heavy atom. The van der Waals surface area contributed by atoms with E-state index >= 15 is 0 Å². The van der Waals surface area contributed by atoms with Gasteiger partial charge in [-0.2, -0.15) is 0 Å². The van der Waals surface area contributed by atoms with Gasteiger partial charge >= 0.3 is 12.0 Å². The van der Waals surface area contributed by atoms with Crippen LogP contribution in [0.15, 0.2) is 43.0 Å². The summed E-state index contributed by atoms with van der Waals surface area (Å²) in [4.78, 5) is 28.1. The van der Waals surface area contributed by atoms with Crippen LogP contribution in [0.2, 0.25) is 0 Å². The molecule has 1 heterocycles. The number of urea groups is 1. The van der Waals surface area contributed by atoms with Crippen LogP contribution in [0.25, 0.3) is 0 Å². The summed E-state index contributed by atoms with van der Waals surface area (Å²) in [5, 5.41) is 5.59. The number of para-hydroxylation sites is 1. The summed E-state index contributed by atoms with van der Waals surface area (Å²) in [7, 11) is 0. The lowest BCUT2D eigenvalue weighted by atomic mass is 10.3. The lowest BCUT2D eigenvalue weighted by molar-refractivity contribution is 0.0554. The van der Waals surface area contributed by atoms with Gasteiger partial charge in [0.1, 0.15) is 11.5 Å². The molecule has 0 saturated carbocycles. The number of hydrogen-bond donors (Lipinski definition) is 2. The number of nitrogens with zero attached hydrogens (tertiary/aromatic N) is 1. The predicted octanol–water partition coefficient (Wildman–Crippen LogP) is 3.44. The molecule has 0 unspecified atom stereocenters. The molecule has 2 amide bonds. The number of aromatic nitrogens is 1. The Hall–Kier alpha value is -2.67. The van der Waals surface area contributed by atoms with E-state index in [9.17, 15) is 9.59 Å². The Morgan fingerprint density at radius 2 is 2.05 bits per heavy atom. The molecule has 2 N–H and O–H groups in total. The fourth-order valence-corrected chi connectivity index (χ4v) is 2.48. The zero-order valence-electron chi connectivity index (χ0n) is 12.0. The lowest BCUT2D eigenvalue weighted by Crippen LogP contribution is -2.19. The predicted molar refractivity (Wildman–Crippen MR) is 86.4 cm³/mol. The Bertz CT molecular complexity index is 683. The van der Waals surface area contributed by atoms with Gasteiger partial charge in [-0.05, 0) is 19.1 Å². The molecule has 22 heavy (non-hydrogen) atoms. The molecule has 0 radical (unpaired) electrons. The number of carbonyl (C=O) groups excluding carboxylic acids is 2. The van der Waals surface area contributed by atoms with Crippen LogP contribution in [0.5, 0.6) is 0 Å². The average molecular weight is 317 g/mol. The van der Waals surface area contributed by atoms with E-state index in [2.05, 4.69) is 22.2 Å². The van der Waals surface area contributed by atoms with Gasteiger partial charge in [0.05, 0.1) is 5.69 Å². The first-order chi connectivity index (χ1) is 10.6. The Morgan fingerprint density at radius 3 is 2.73 bits per heavy atom. The van der Waals surface area contributed by atoms with Crippen molar-refractivity contribution >= 4 is 34.2 Å². The topological polar surface area (TPSA) is 80.3 Å². The first kappa shape index (κ1) is 15.7. The normalized spacial score (nSPS) is 9.86. The van der Waals surface area contributed by atoms with E-state index in [1.54, 1.807) is 19.1 Å². The van der Waals surface area contributed by atoms with Gasteiger partial charge in [0.2, 0.25) is 0 Å². The number of benzene rings is 1. The molecular weight excluding hydrogens is 302 g/mol. The van der Waals surface area contributed by atoms with Crippen molar-refractivity contribution in [2.45, 2.75) is 6.92 Å². The molecular formula is C15H15N3O3S. The second-order valence-corrected chi connectivity index (χ2v) is 5.26. The van der Waals surface area contributed by atoms with Gasteiger partial charge in [-0.25, -0.2) is 14.6 Å². The standard InChI is InChI=1S/C15H15N3O3S/c1-3-9-21-13(19)12-10(2)16-15(22-12)18-14(20)17-11-7-5-4-6-8-11/h3-8H,1,9H2,2H3,(H2,16,17,18,20). The van der Waals surface area contributed by atoms with Crippen LogP contribution in [0.1, 0.15) is 15.4 Å². The molecule has 0 bridgehead atoms. The molecule has 0 aliphatic heterocycles. The molecule has 0 atom stereocenters. The number of anilines is 2. The molecule has 1 aromatic carbocycles. The summed E-state index contributed by atoms with van der Waals surface area (Å²) in [5.74, 6) is -0.480. The molecule has 0 aliphatic carbocycles. The van der Waals surface area contributed by atoms with Crippen LogP contribution in [0.4, 0.5) is 15.6 Å². The van der Waals surface area contributed by atoms with Crippen molar-refractivity contribution in [1.82, 2.24) is 4.98 Å². The molecule has 0 spiro atoms. The minimum Gasteiger partial charge on any atom is -0.457 e. The minimum atomic E-state index is -0.480. The van der Waals surface area contributed by atoms with Crippen LogP contribution in [0.3, 0.4) is 0 Å². The van der Waals surface area contributed by atoms with Gasteiger partial charge in [0.15, 0.2) is 5.13 Å². The van der Waals surface area contributed by atoms with Crippen LogP contribution in [-0.4, -0.2) is 23.6 Å². The van der Waals surface area contributed by atoms with E-state index in [1.807, 2.05) is 18.2 Å². The molecule has 114 valence electrons. The quantitative estimate of drug-likeness (QED) is 0.654. The number of thiazole rings is 1. The monoisotopic (exact) mass is 317 g/mol. The fraction of sp³-hybridized carbons (Fsp3) is 0.133. The Balaban J connectivity index is 2.00. The Kier molecular flexibility index (Phi) is 5.26. The molecule has 1 aromatic heterocycles. The molecule has 6 nitrogen and oxygen atoms in total. The number of amides is 2. The van der Waals surface area contributed by atoms with Gasteiger partial charge in [-0.15, -0.1) is 0 Å². The highest BCUT2D eigenvalue weighted by Gasteiger charge is 2.17. The van der Waals surface area contributed by atoms with Crippen molar-refractivity contribution in [3.63, 3.8) is 0 Å². The number of hydrogen-bond acceptors (Lipinski definition) is 5. The highest BCUT2D eigenvalue weighted by molar-refractivity contribution is 7.17. The van der Waals surface area contributed by atoms with Gasteiger partial charge in [-0.3, -0.25) is 5.32 Å². The largest absolute Gasteiger partial charge is 0.457 e. The molecule has 2 rings (SSSR count). The number of aryl methyl sites for hydroxylation is 1. The summed E-state index contributed by atoms with van der Waals surface area (Å²) in [6.45, 7) is 5.29. The summed E-state index contributed by atoms with van der Waals surface area (Å²) in [6.07, 6.45) is 1.49. The fourth-order valence-electron chi connectivity index (χ4n) is 1.62. The average Bonchev–Trinajstić information content (AvgIpc) is 2.86. The minimum absolute atomic E-state index is 0.132. The number of ether oxygens (including phenoxy) is 1. The third-order valence-electron chi connectivity index (χ3n) is 2.57. The van der Waals surface area contributed by atoms with Crippen LogP contribution < -0.4 is 10.6 Å². The maximum Gasteiger partial charge on any atom is 0.350 e. The SMILES string of the molecule is C=CCOC(=O)c1sc(NC(=O)Nc2ccccc2)nc1C. The van der Waals surface area contributed by atoms with Crippen LogP contribution >= 0.6 is 11.3 Å². The van der Waals surface area contributed by atoms with Crippen LogP contribution in [0, 0.1) is 6.92 Å². The zero-order valence-corrected chi connectivity index (χ0v) is 12.8. The highest BCUT2D eigenvalue weighted by atomic mass is 32.1. The van der Waals surface area contributed by atoms with Gasteiger partial charge < -0.3 is 10.1 Å². The zero-order chi connectivity index (χ0) is 15.9. The second kappa shape index (κ2) is 7.37. The van der Waals surface area contributed by atoms with E-state index in [4.69, 9.17) is 4.74 Å². The van der Waals surface area contributed by atoms with E-state index in [0.717, 1.165) is 11.3 Å². The van der Waals surface area contributed by atoms with Crippen molar-refractivity contribution in [3.05, 3.63) is 53.6 Å². The van der Waals surface area contributed by atoms with E-state index in [0.29, 0.717) is 21.4 Å². The van der Waals surface area contributed by atoms with E-state index in [1.165, 1.54) is 6.08 Å². The summed E-state index contributed by atoms with van der Waals surface area (Å²) < 4.78 is 4.96. The van der Waals surface area contributed by atoms with E-state index < -0.39 is 12.0 Å². The first-order valence-corrected chi connectivity index (χ1v) is 7.30. The van der Waals surface area contributed by atoms with Crippen molar-refractivity contribution in [3.8, 4) is 0 Å². The number of esters is 1. The van der Waals surface area contributed by atoms with Crippen molar-refractivity contribution < 1.29 is 14.3 Å². The van der Waals surface area contributed by atoms with Crippen molar-refractivity contribution in [2.24, 2.45) is 0 Å². The summed E-state index contributed by atoms with van der Waals surface area (Å²) in [5.41, 5.74) is 1.17. The van der Waals surface area contributed by atoms with Crippen LogP contribution in [-0.2, 0) is 4.74 Å². The second-order valence-electron chi connectivity index (χ2n) is 4.27. The lowest BCUT2D eigenvalue weighted by Gasteiger charge is -2.04. The number of nitrogens with one attached hydrogen (secondary N) is 2.